The number of carbonyl (C=O) groups is 1. The van der Waals surface area contributed by atoms with Crippen molar-refractivity contribution in [3.05, 3.63) is 53.6 Å². The van der Waals surface area contributed by atoms with Gasteiger partial charge in [0.25, 0.3) is 0 Å². The van der Waals surface area contributed by atoms with Crippen molar-refractivity contribution in [3.63, 3.8) is 0 Å². The van der Waals surface area contributed by atoms with Crippen LogP contribution in [-0.4, -0.2) is 167 Å². The quantitative estimate of drug-likeness (QED) is 0.0603. The number of aliphatic hydroxyl groups excluding tert-OH is 8. The number of phenols is 3. The highest BCUT2D eigenvalue weighted by atomic mass is 16.8. The van der Waals surface area contributed by atoms with Crippen molar-refractivity contribution in [3.8, 4) is 23.0 Å². The molecule has 54 heavy (non-hydrogen) atoms. The zero-order valence-electron chi connectivity index (χ0n) is 29.1. The molecule has 15 atom stereocenters. The molecule has 2 aromatic rings. The number of hydrogen-bond donors (Lipinski definition) is 11. The predicted octanol–water partition coefficient (Wildman–Crippen LogP) is -2.52. The van der Waals surface area contributed by atoms with E-state index in [9.17, 15) is 61.0 Å². The van der Waals surface area contributed by atoms with E-state index in [2.05, 4.69) is 0 Å². The third kappa shape index (κ3) is 9.58. The number of esters is 1. The van der Waals surface area contributed by atoms with E-state index in [0.717, 1.165) is 6.08 Å². The Labute approximate surface area is 308 Å². The lowest BCUT2D eigenvalue weighted by molar-refractivity contribution is -0.356. The van der Waals surface area contributed by atoms with Crippen LogP contribution >= 0.6 is 0 Å². The van der Waals surface area contributed by atoms with Gasteiger partial charge in [0.15, 0.2) is 35.6 Å². The second-order valence-electron chi connectivity index (χ2n) is 13.2. The van der Waals surface area contributed by atoms with Crippen molar-refractivity contribution in [2.24, 2.45) is 0 Å². The normalized spacial score (nSPS) is 37.3. The first-order valence-electron chi connectivity index (χ1n) is 17.1. The number of benzene rings is 2. The minimum absolute atomic E-state index is 0.0468. The number of hydrogen-bond acceptors (Lipinski definition) is 19. The van der Waals surface area contributed by atoms with Gasteiger partial charge in [-0.15, -0.1) is 0 Å². The van der Waals surface area contributed by atoms with Crippen LogP contribution < -0.4 is 4.74 Å². The maximum atomic E-state index is 12.1. The summed E-state index contributed by atoms with van der Waals surface area (Å²) in [6.07, 6.45) is -20.2. The van der Waals surface area contributed by atoms with Crippen LogP contribution in [0.5, 0.6) is 23.0 Å². The molecular formula is C35H46O19. The molecule has 0 amide bonds. The number of aromatic hydroxyl groups is 3. The van der Waals surface area contributed by atoms with Crippen LogP contribution in [0.1, 0.15) is 25.0 Å². The fraction of sp³-hybridized carbons (Fsp3) is 0.571. The lowest BCUT2D eigenvalue weighted by Gasteiger charge is -2.46. The molecule has 11 N–H and O–H groups in total. The summed E-state index contributed by atoms with van der Waals surface area (Å²) >= 11 is 0. The molecule has 0 aromatic heterocycles. The number of phenolic OH excluding ortho intramolecular Hbond substituents is 3. The van der Waals surface area contributed by atoms with Crippen molar-refractivity contribution >= 4 is 12.0 Å². The van der Waals surface area contributed by atoms with Gasteiger partial charge in [-0.3, -0.25) is 0 Å². The minimum atomic E-state index is -1.84. The SMILES string of the molecule is C[C@@H]1O[C@@H](OC[C@H]2O[C@@H](O[C@@H]3[C@@H](O)[C@@H](O)[C@H](Oc4ccc(CCOC(=O)/C=C\c5ccc(O)c(O)c5)cc4O)O[C@H]3C)[C@H](O)[C@@H](O)[C@H]2O)[C@H](O)[C@H](O)[C@H]1O. The topological polar surface area (TPSA) is 304 Å². The highest BCUT2D eigenvalue weighted by molar-refractivity contribution is 5.87. The summed E-state index contributed by atoms with van der Waals surface area (Å²) in [7, 11) is 0. The van der Waals surface area contributed by atoms with Crippen molar-refractivity contribution in [1.82, 2.24) is 0 Å². The van der Waals surface area contributed by atoms with Gasteiger partial charge in [-0.05, 0) is 55.3 Å². The zero-order chi connectivity index (χ0) is 39.4. The molecule has 19 nitrogen and oxygen atoms in total. The minimum Gasteiger partial charge on any atom is -0.504 e. The maximum absolute atomic E-state index is 12.1. The first kappa shape index (κ1) is 41.5. The van der Waals surface area contributed by atoms with Crippen molar-refractivity contribution < 1.29 is 94.1 Å². The van der Waals surface area contributed by atoms with Gasteiger partial charge in [0.1, 0.15) is 61.0 Å². The lowest BCUT2D eigenvalue weighted by atomic mass is 9.97. The first-order chi connectivity index (χ1) is 25.5. The van der Waals surface area contributed by atoms with Crippen molar-refractivity contribution in [1.29, 1.82) is 0 Å². The largest absolute Gasteiger partial charge is 0.504 e. The monoisotopic (exact) mass is 770 g/mol. The van der Waals surface area contributed by atoms with E-state index in [1.807, 2.05) is 0 Å². The molecule has 19 heteroatoms. The molecule has 5 rings (SSSR count). The molecule has 3 aliphatic heterocycles. The summed E-state index contributed by atoms with van der Waals surface area (Å²) in [5.41, 5.74) is 1.02. The van der Waals surface area contributed by atoms with Crippen LogP contribution in [-0.2, 0) is 39.6 Å². The van der Waals surface area contributed by atoms with E-state index in [0.29, 0.717) is 11.1 Å². The van der Waals surface area contributed by atoms with Gasteiger partial charge < -0.3 is 89.3 Å². The standard InChI is InChI=1S/C35H46O19/c1-14-24(40)26(42)29(45)33(50-14)49-13-22-25(41)27(43)30(46)35(53-22)54-32-15(2)51-34(31(47)28(32)44)52-21-7-4-17(12-20(21)38)9-10-48-23(39)8-5-16-3-6-18(36)19(37)11-16/h3-8,11-12,14-15,22,24-38,40-47H,9-10,13H2,1-2H3/b8-5-/t14-,15-,22+,24-,25-,26+,27-,28-,29+,30+,31+,32-,33+,34-,35-/m0/s1. The smallest absolute Gasteiger partial charge is 0.330 e. The summed E-state index contributed by atoms with van der Waals surface area (Å²) < 4.78 is 38.7. The summed E-state index contributed by atoms with van der Waals surface area (Å²) in [6.45, 7) is 2.30. The van der Waals surface area contributed by atoms with Gasteiger partial charge in [-0.25, -0.2) is 4.79 Å². The molecule has 3 heterocycles. The highest BCUT2D eigenvalue weighted by Crippen LogP contribution is 2.34. The average molecular weight is 771 g/mol. The van der Waals surface area contributed by atoms with Gasteiger partial charge >= 0.3 is 5.97 Å². The van der Waals surface area contributed by atoms with Gasteiger partial charge in [0.2, 0.25) is 6.29 Å². The average Bonchev–Trinajstić information content (AvgIpc) is 3.14. The van der Waals surface area contributed by atoms with Gasteiger partial charge in [-0.2, -0.15) is 0 Å². The third-order valence-corrected chi connectivity index (χ3v) is 9.28. The molecule has 3 saturated heterocycles. The Morgan fingerprint density at radius 1 is 0.685 bits per heavy atom. The Balaban J connectivity index is 1.12. The van der Waals surface area contributed by atoms with Gasteiger partial charge in [0, 0.05) is 12.5 Å². The van der Waals surface area contributed by atoms with E-state index in [4.69, 9.17) is 33.2 Å². The molecule has 0 bridgehead atoms. The summed E-state index contributed by atoms with van der Waals surface area (Å²) in [4.78, 5) is 12.1. The number of rotatable bonds is 12. The van der Waals surface area contributed by atoms with Gasteiger partial charge in [-0.1, -0.05) is 12.1 Å². The third-order valence-electron chi connectivity index (χ3n) is 9.28. The van der Waals surface area contributed by atoms with E-state index >= 15 is 0 Å². The Hall–Kier alpha value is -3.67. The Kier molecular flexibility index (Phi) is 13.7. The fourth-order valence-corrected chi connectivity index (χ4v) is 6.02. The second-order valence-corrected chi connectivity index (χ2v) is 13.2. The fourth-order valence-electron chi connectivity index (χ4n) is 6.02. The molecule has 3 aliphatic rings. The number of carbonyl (C=O) groups excluding carboxylic acids is 1. The number of ether oxygens (including phenoxy) is 7. The zero-order valence-corrected chi connectivity index (χ0v) is 29.1. The van der Waals surface area contributed by atoms with Crippen LogP contribution in [0.4, 0.5) is 0 Å². The van der Waals surface area contributed by atoms with E-state index in [1.54, 1.807) is 6.07 Å². The molecule has 3 fully saturated rings. The molecule has 0 unspecified atom stereocenters. The summed E-state index contributed by atoms with van der Waals surface area (Å²) in [5, 5.41) is 113. The molecule has 0 aliphatic carbocycles. The molecule has 0 spiro atoms. The van der Waals surface area contributed by atoms with Crippen LogP contribution in [0.3, 0.4) is 0 Å². The summed E-state index contributed by atoms with van der Waals surface area (Å²) in [5.74, 6) is -1.77. The second kappa shape index (κ2) is 17.9. The van der Waals surface area contributed by atoms with Crippen molar-refractivity contribution in [2.75, 3.05) is 13.2 Å². The van der Waals surface area contributed by atoms with Crippen LogP contribution in [0.25, 0.3) is 6.08 Å². The maximum Gasteiger partial charge on any atom is 0.330 e. The van der Waals surface area contributed by atoms with E-state index < -0.39 is 105 Å². The number of aliphatic hydroxyl groups is 8. The Bertz CT molecular complexity index is 1590. The van der Waals surface area contributed by atoms with E-state index in [-0.39, 0.29) is 36.0 Å². The molecule has 300 valence electrons. The Morgan fingerprint density at radius 2 is 1.35 bits per heavy atom. The first-order valence-corrected chi connectivity index (χ1v) is 17.1. The van der Waals surface area contributed by atoms with E-state index in [1.165, 1.54) is 50.3 Å². The molecular weight excluding hydrogens is 724 g/mol. The molecule has 0 saturated carbocycles. The Morgan fingerprint density at radius 3 is 2.06 bits per heavy atom. The van der Waals surface area contributed by atoms with Crippen molar-refractivity contribution in [2.45, 2.75) is 112 Å². The van der Waals surface area contributed by atoms with Gasteiger partial charge in [0.05, 0.1) is 25.4 Å². The lowest BCUT2D eigenvalue weighted by Crippen LogP contribution is -2.64. The molecule has 0 radical (unpaired) electrons. The predicted molar refractivity (Wildman–Crippen MR) is 178 cm³/mol. The molecule has 2 aromatic carbocycles. The van der Waals surface area contributed by atoms with Crippen LogP contribution in [0.2, 0.25) is 0 Å². The van der Waals surface area contributed by atoms with Crippen LogP contribution in [0.15, 0.2) is 42.5 Å². The summed E-state index contributed by atoms with van der Waals surface area (Å²) in [6, 6.07) is 8.31. The van der Waals surface area contributed by atoms with Crippen LogP contribution in [0, 0.1) is 0 Å². The highest BCUT2D eigenvalue weighted by Gasteiger charge is 2.51.